The third kappa shape index (κ3) is 4.19. The van der Waals surface area contributed by atoms with E-state index in [0.29, 0.717) is 19.6 Å². The van der Waals surface area contributed by atoms with Gasteiger partial charge in [-0.15, -0.1) is 0 Å². The lowest BCUT2D eigenvalue weighted by molar-refractivity contribution is -0.121. The molecule has 1 aliphatic rings. The number of carbonyl (C=O) groups is 2. The van der Waals surface area contributed by atoms with Crippen molar-refractivity contribution in [1.29, 1.82) is 0 Å². The fourth-order valence-electron chi connectivity index (χ4n) is 2.23. The number of carbonyl (C=O) groups excluding carboxylic acids is 2. The molecule has 0 unspecified atom stereocenters. The van der Waals surface area contributed by atoms with E-state index in [0.717, 1.165) is 12.2 Å². The van der Waals surface area contributed by atoms with Crippen molar-refractivity contribution in [2.24, 2.45) is 0 Å². The van der Waals surface area contributed by atoms with Crippen LogP contribution in [0, 0.1) is 0 Å². The molecular weight excluding hydrogens is 268 g/mol. The Hall–Kier alpha value is -2.08. The van der Waals surface area contributed by atoms with Crippen LogP contribution >= 0.6 is 0 Å². The minimum Gasteiger partial charge on any atom is -0.353 e. The molecule has 1 N–H and O–H groups in total. The summed E-state index contributed by atoms with van der Waals surface area (Å²) in [6, 6.07) is 9.42. The van der Waals surface area contributed by atoms with Crippen LogP contribution in [0.1, 0.15) is 0 Å². The van der Waals surface area contributed by atoms with Gasteiger partial charge in [-0.2, -0.15) is 0 Å². The zero-order chi connectivity index (χ0) is 15.2. The summed E-state index contributed by atoms with van der Waals surface area (Å²) in [5, 5.41) is 2.82. The van der Waals surface area contributed by atoms with Crippen LogP contribution in [0.25, 0.3) is 0 Å². The topological polar surface area (TPSA) is 55.9 Å². The lowest BCUT2D eigenvalue weighted by Crippen LogP contribution is -2.41. The van der Waals surface area contributed by atoms with Crippen LogP contribution in [-0.4, -0.2) is 68.6 Å². The molecular formula is C15H22N4O2. The molecule has 1 aromatic rings. The normalized spacial score (nSPS) is 14.9. The summed E-state index contributed by atoms with van der Waals surface area (Å²) in [5.41, 5.74) is 0.873. The minimum atomic E-state index is -0.111. The molecule has 0 bridgehead atoms. The Bertz CT molecular complexity index is 490. The Morgan fingerprint density at radius 3 is 2.62 bits per heavy atom. The first-order chi connectivity index (χ1) is 10.1. The van der Waals surface area contributed by atoms with Gasteiger partial charge in [0.25, 0.3) is 0 Å². The van der Waals surface area contributed by atoms with Gasteiger partial charge in [0, 0.05) is 31.9 Å². The number of benzene rings is 1. The van der Waals surface area contributed by atoms with E-state index in [-0.39, 0.29) is 18.5 Å². The number of hydrogen-bond acceptors (Lipinski definition) is 3. The quantitative estimate of drug-likeness (QED) is 0.835. The maximum absolute atomic E-state index is 12.3. The van der Waals surface area contributed by atoms with E-state index in [4.69, 9.17) is 0 Å². The fraction of sp³-hybridized carbons (Fsp3) is 0.467. The second-order valence-electron chi connectivity index (χ2n) is 5.34. The van der Waals surface area contributed by atoms with Gasteiger partial charge in [-0.05, 0) is 26.2 Å². The molecule has 6 heteroatoms. The first kappa shape index (κ1) is 15.3. The number of nitrogens with one attached hydrogen (secondary N) is 1. The third-order valence-corrected chi connectivity index (χ3v) is 3.38. The second kappa shape index (κ2) is 7.08. The number of para-hydroxylation sites is 1. The molecule has 6 nitrogen and oxygen atoms in total. The molecule has 0 saturated carbocycles. The molecule has 0 atom stereocenters. The largest absolute Gasteiger partial charge is 0.353 e. The summed E-state index contributed by atoms with van der Waals surface area (Å²) >= 11 is 0. The summed E-state index contributed by atoms with van der Waals surface area (Å²) in [7, 11) is 3.90. The zero-order valence-corrected chi connectivity index (χ0v) is 12.6. The Morgan fingerprint density at radius 2 is 1.95 bits per heavy atom. The maximum atomic E-state index is 12.3. The lowest BCUT2D eigenvalue weighted by atomic mass is 10.3. The van der Waals surface area contributed by atoms with Gasteiger partial charge >= 0.3 is 6.03 Å². The van der Waals surface area contributed by atoms with Crippen LogP contribution in [0.2, 0.25) is 0 Å². The fourth-order valence-corrected chi connectivity index (χ4v) is 2.23. The van der Waals surface area contributed by atoms with Crippen molar-refractivity contribution in [3.8, 4) is 0 Å². The highest BCUT2D eigenvalue weighted by Gasteiger charge is 2.30. The van der Waals surface area contributed by atoms with Crippen molar-refractivity contribution < 1.29 is 9.59 Å². The first-order valence-electron chi connectivity index (χ1n) is 7.11. The van der Waals surface area contributed by atoms with E-state index in [2.05, 4.69) is 5.32 Å². The average molecular weight is 290 g/mol. The molecule has 2 rings (SSSR count). The van der Waals surface area contributed by atoms with Gasteiger partial charge in [-0.3, -0.25) is 9.69 Å². The molecule has 0 radical (unpaired) electrons. The number of anilines is 1. The minimum absolute atomic E-state index is 0.107. The number of amides is 3. The van der Waals surface area contributed by atoms with Gasteiger partial charge in [0.15, 0.2) is 0 Å². The van der Waals surface area contributed by atoms with E-state index >= 15 is 0 Å². The number of urea groups is 1. The van der Waals surface area contributed by atoms with Crippen LogP contribution in [0.15, 0.2) is 30.3 Å². The summed E-state index contributed by atoms with van der Waals surface area (Å²) < 4.78 is 0. The third-order valence-electron chi connectivity index (χ3n) is 3.38. The Balaban J connectivity index is 1.83. The molecule has 0 spiro atoms. The monoisotopic (exact) mass is 290 g/mol. The highest BCUT2D eigenvalue weighted by Crippen LogP contribution is 2.19. The van der Waals surface area contributed by atoms with Crippen molar-refractivity contribution >= 4 is 17.6 Å². The summed E-state index contributed by atoms with van der Waals surface area (Å²) in [4.78, 5) is 29.4. The first-order valence-corrected chi connectivity index (χ1v) is 7.11. The number of nitrogens with zero attached hydrogens (tertiary/aromatic N) is 3. The molecule has 0 aliphatic carbocycles. The lowest BCUT2D eigenvalue weighted by Gasteiger charge is -2.18. The molecule has 0 aromatic heterocycles. The van der Waals surface area contributed by atoms with E-state index in [1.165, 1.54) is 0 Å². The maximum Gasteiger partial charge on any atom is 0.325 e. The van der Waals surface area contributed by atoms with Crippen molar-refractivity contribution in [2.45, 2.75) is 0 Å². The summed E-state index contributed by atoms with van der Waals surface area (Å²) in [6.45, 7) is 2.70. The van der Waals surface area contributed by atoms with Gasteiger partial charge in [0.1, 0.15) is 6.54 Å². The molecule has 21 heavy (non-hydrogen) atoms. The number of likely N-dealkylation sites (N-methyl/N-ethyl adjacent to an activating group) is 1. The Kier molecular flexibility index (Phi) is 5.16. The zero-order valence-electron chi connectivity index (χ0n) is 12.6. The summed E-state index contributed by atoms with van der Waals surface area (Å²) in [6.07, 6.45) is 0. The van der Waals surface area contributed by atoms with E-state index < -0.39 is 0 Å². The smallest absolute Gasteiger partial charge is 0.325 e. The van der Waals surface area contributed by atoms with Crippen LogP contribution in [-0.2, 0) is 4.79 Å². The highest BCUT2D eigenvalue weighted by atomic mass is 16.2. The van der Waals surface area contributed by atoms with Crippen LogP contribution < -0.4 is 10.2 Å². The van der Waals surface area contributed by atoms with Crippen LogP contribution in [0.5, 0.6) is 0 Å². The molecule has 1 saturated heterocycles. The van der Waals surface area contributed by atoms with Crippen LogP contribution in [0.3, 0.4) is 0 Å². The van der Waals surface area contributed by atoms with E-state index in [1.54, 1.807) is 9.80 Å². The molecule has 1 aromatic carbocycles. The van der Waals surface area contributed by atoms with Crippen molar-refractivity contribution in [3.05, 3.63) is 30.3 Å². The van der Waals surface area contributed by atoms with Gasteiger partial charge in [0.05, 0.1) is 0 Å². The van der Waals surface area contributed by atoms with Crippen molar-refractivity contribution in [3.63, 3.8) is 0 Å². The van der Waals surface area contributed by atoms with Crippen molar-refractivity contribution in [2.75, 3.05) is 51.7 Å². The Morgan fingerprint density at radius 1 is 1.24 bits per heavy atom. The predicted octanol–water partition coefficient (Wildman–Crippen LogP) is 0.606. The summed E-state index contributed by atoms with van der Waals surface area (Å²) in [5.74, 6) is -0.111. The number of rotatable bonds is 6. The molecule has 1 fully saturated rings. The van der Waals surface area contributed by atoms with Crippen molar-refractivity contribution in [1.82, 2.24) is 15.1 Å². The molecule has 1 aliphatic heterocycles. The van der Waals surface area contributed by atoms with Gasteiger partial charge < -0.3 is 15.1 Å². The second-order valence-corrected chi connectivity index (χ2v) is 5.34. The molecule has 1 heterocycles. The average Bonchev–Trinajstić information content (AvgIpc) is 2.81. The van der Waals surface area contributed by atoms with Crippen LogP contribution in [0.4, 0.5) is 10.5 Å². The highest BCUT2D eigenvalue weighted by molar-refractivity contribution is 5.96. The van der Waals surface area contributed by atoms with Gasteiger partial charge in [-0.1, -0.05) is 18.2 Å². The van der Waals surface area contributed by atoms with E-state index in [1.807, 2.05) is 49.3 Å². The predicted molar refractivity (Wildman–Crippen MR) is 82.3 cm³/mol. The molecule has 114 valence electrons. The molecule has 3 amide bonds. The SMILES string of the molecule is CN(C)CCNC(=O)CN1CCN(c2ccccc2)C1=O. The van der Waals surface area contributed by atoms with Gasteiger partial charge in [0.2, 0.25) is 5.91 Å². The standard InChI is InChI=1S/C15H22N4O2/c1-17(2)9-8-16-14(20)12-18-10-11-19(15(18)21)13-6-4-3-5-7-13/h3-7H,8-12H2,1-2H3,(H,16,20). The Labute approximate surface area is 125 Å². The van der Waals surface area contributed by atoms with Gasteiger partial charge in [-0.25, -0.2) is 4.79 Å². The number of hydrogen-bond donors (Lipinski definition) is 1. The van der Waals surface area contributed by atoms with E-state index in [9.17, 15) is 9.59 Å².